The summed E-state index contributed by atoms with van der Waals surface area (Å²) in [5.41, 5.74) is 12.5. The molecule has 0 radical (unpaired) electrons. The molecule has 0 aliphatic heterocycles. The first-order valence-corrected chi connectivity index (χ1v) is 22.3. The van der Waals surface area contributed by atoms with Gasteiger partial charge in [-0.05, 0) is 152 Å². The molecule has 0 bridgehead atoms. The first kappa shape index (κ1) is 35.1. The van der Waals surface area contributed by atoms with E-state index in [2.05, 4.69) is 52.8 Å². The minimum atomic E-state index is -2.64. The van der Waals surface area contributed by atoms with E-state index in [9.17, 15) is 5.11 Å². The number of phenols is 1. The summed E-state index contributed by atoms with van der Waals surface area (Å²) in [7, 11) is 0. The molecular weight excluding hydrogens is 779 g/mol. The van der Waals surface area contributed by atoms with Crippen molar-refractivity contribution in [3.05, 3.63) is 166 Å². The number of pyridine rings is 1. The van der Waals surface area contributed by atoms with Crippen LogP contribution in [0, 0.1) is 13.7 Å². The number of hydrogen-bond donors (Lipinski definition) is 1. The van der Waals surface area contributed by atoms with Gasteiger partial charge in [0.2, 0.25) is 0 Å². The van der Waals surface area contributed by atoms with Crippen LogP contribution in [0.5, 0.6) is 5.75 Å². The molecule has 0 unspecified atom stereocenters. The number of phenolic OH excluding ortho intramolecular Hbond substituents is 1. The van der Waals surface area contributed by atoms with Crippen molar-refractivity contribution < 1.29 is 16.1 Å². The molecule has 0 aliphatic carbocycles. The highest BCUT2D eigenvalue weighted by Gasteiger charge is 2.26. The first-order valence-electron chi connectivity index (χ1n) is 26.3. The molecule has 4 nitrogen and oxygen atoms in total. The number of rotatable bonds is 10. The first-order chi connectivity index (χ1) is 33.4. The molecule has 64 heavy (non-hydrogen) atoms. The predicted molar refractivity (Wildman–Crippen MR) is 272 cm³/mol. The van der Waals surface area contributed by atoms with Crippen molar-refractivity contribution in [2.75, 3.05) is 0 Å². The van der Waals surface area contributed by atoms with Crippen LogP contribution in [-0.2, 0) is 5.41 Å². The number of benzene rings is 6. The van der Waals surface area contributed by atoms with Crippen molar-refractivity contribution in [1.82, 2.24) is 14.5 Å². The van der Waals surface area contributed by atoms with E-state index in [1.54, 1.807) is 52.1 Å². The Bertz CT molecular complexity index is 3310. The third-order valence-electron chi connectivity index (χ3n) is 12.4. The second-order valence-corrected chi connectivity index (χ2v) is 19.3. The van der Waals surface area contributed by atoms with E-state index in [0.717, 1.165) is 50.2 Å². The van der Waals surface area contributed by atoms with Crippen LogP contribution in [0.2, 0.25) is 0 Å². The summed E-state index contributed by atoms with van der Waals surface area (Å²) < 4.78 is 71.2. The van der Waals surface area contributed by atoms with E-state index in [1.807, 2.05) is 103 Å². The van der Waals surface area contributed by atoms with Gasteiger partial charge in [-0.25, -0.2) is 4.98 Å². The highest BCUT2D eigenvalue weighted by Crippen LogP contribution is 2.45. The van der Waals surface area contributed by atoms with E-state index in [0.29, 0.717) is 50.4 Å². The lowest BCUT2D eigenvalue weighted by molar-refractivity contribution is 0.466. The fraction of sp³-hybridized carbons (Fsp3) is 0.300. The minimum Gasteiger partial charge on any atom is -0.507 e. The van der Waals surface area contributed by atoms with Gasteiger partial charge in [0.25, 0.3) is 0 Å². The van der Waals surface area contributed by atoms with Crippen molar-refractivity contribution in [1.29, 1.82) is 0 Å². The summed E-state index contributed by atoms with van der Waals surface area (Å²) in [5, 5.41) is 12.3. The summed E-state index contributed by atoms with van der Waals surface area (Å²) in [6, 6.07) is 38.2. The zero-order valence-electron chi connectivity index (χ0n) is 47.1. The molecule has 326 valence electrons. The third-order valence-corrected chi connectivity index (χ3v) is 12.4. The smallest absolute Gasteiger partial charge is 0.149 e. The SMILES string of the molecule is [2H]C([2H])([2H])c1ccc(-c2ccnc(-c3cc(-c4cccc5c4nc(-c4cc(C(C)C)cc(C(C)C)c4O)n5-c4ccc(-c5c(C([2H])(C)C)cccc5C([2H])(C)C)cc4C([2H])([2H])[2H])cc(C(C)(C)C)c3)c2)cc1. The Kier molecular flexibility index (Phi) is 9.54. The fourth-order valence-corrected chi connectivity index (χ4v) is 8.76. The molecule has 0 aliphatic rings. The Hall–Kier alpha value is -6.26. The third kappa shape index (κ3) is 8.43. The Labute approximate surface area is 393 Å². The van der Waals surface area contributed by atoms with Gasteiger partial charge >= 0.3 is 0 Å². The monoisotopic (exact) mass is 852 g/mol. The molecule has 8 rings (SSSR count). The minimum absolute atomic E-state index is 0.0379. The van der Waals surface area contributed by atoms with Gasteiger partial charge < -0.3 is 5.11 Å². The highest BCUT2D eigenvalue weighted by molar-refractivity contribution is 5.97. The zero-order chi connectivity index (χ0) is 52.6. The Balaban J connectivity index is 1.43. The Morgan fingerprint density at radius 2 is 1.30 bits per heavy atom. The van der Waals surface area contributed by atoms with Crippen LogP contribution in [0.1, 0.15) is 150 Å². The normalized spacial score (nSPS) is 14.7. The van der Waals surface area contributed by atoms with Crippen LogP contribution in [-0.4, -0.2) is 19.6 Å². The molecule has 0 saturated heterocycles. The number of para-hydroxylation sites is 1. The molecule has 2 aromatic heterocycles. The van der Waals surface area contributed by atoms with Gasteiger partial charge in [0.1, 0.15) is 11.6 Å². The summed E-state index contributed by atoms with van der Waals surface area (Å²) in [5.74, 6) is -1.61. The molecule has 0 atom stereocenters. The van der Waals surface area contributed by atoms with E-state index in [-0.39, 0.29) is 34.1 Å². The molecule has 0 fully saturated rings. The number of aromatic hydroxyl groups is 1. The van der Waals surface area contributed by atoms with Gasteiger partial charge in [0.05, 0.1) is 28.0 Å². The highest BCUT2D eigenvalue weighted by atomic mass is 16.3. The summed E-state index contributed by atoms with van der Waals surface area (Å²) >= 11 is 0. The Morgan fingerprint density at radius 3 is 1.94 bits per heavy atom. The molecule has 8 aromatic rings. The number of aromatic nitrogens is 3. The van der Waals surface area contributed by atoms with Crippen molar-refractivity contribution in [3.8, 4) is 67.5 Å². The van der Waals surface area contributed by atoms with Gasteiger partial charge in [-0.2, -0.15) is 0 Å². The van der Waals surface area contributed by atoms with Crippen molar-refractivity contribution in [3.63, 3.8) is 0 Å². The van der Waals surface area contributed by atoms with Gasteiger partial charge in [-0.1, -0.05) is 155 Å². The van der Waals surface area contributed by atoms with Crippen molar-refractivity contribution in [2.45, 2.75) is 119 Å². The molecular formula is C60H65N3O. The predicted octanol–water partition coefficient (Wildman–Crippen LogP) is 16.9. The quantitative estimate of drug-likeness (QED) is 0.149. The molecule has 6 aromatic carbocycles. The summed E-state index contributed by atoms with van der Waals surface area (Å²) in [6.07, 6.45) is 1.76. The number of hydrogen-bond acceptors (Lipinski definition) is 3. The molecule has 0 amide bonds. The van der Waals surface area contributed by atoms with Crippen LogP contribution in [0.3, 0.4) is 0 Å². The van der Waals surface area contributed by atoms with Crippen molar-refractivity contribution >= 4 is 11.0 Å². The number of imidazole rings is 1. The average molecular weight is 852 g/mol. The van der Waals surface area contributed by atoms with Crippen LogP contribution in [0.25, 0.3) is 72.7 Å². The maximum atomic E-state index is 12.3. The van der Waals surface area contributed by atoms with Gasteiger partial charge in [0, 0.05) is 28.3 Å². The largest absolute Gasteiger partial charge is 0.507 e. The lowest BCUT2D eigenvalue weighted by atomic mass is 9.83. The van der Waals surface area contributed by atoms with Gasteiger partial charge in [0.15, 0.2) is 0 Å². The van der Waals surface area contributed by atoms with Crippen LogP contribution in [0.4, 0.5) is 0 Å². The van der Waals surface area contributed by atoms with Crippen LogP contribution >= 0.6 is 0 Å². The molecule has 2 heterocycles. The molecule has 0 spiro atoms. The zero-order valence-corrected chi connectivity index (χ0v) is 39.1. The van der Waals surface area contributed by atoms with E-state index in [4.69, 9.17) is 20.9 Å². The molecule has 1 N–H and O–H groups in total. The second kappa shape index (κ2) is 17.4. The number of fused-ring (bicyclic) bond motifs is 1. The fourth-order valence-electron chi connectivity index (χ4n) is 8.76. The maximum absolute atomic E-state index is 12.3. The molecule has 4 heteroatoms. The van der Waals surface area contributed by atoms with Gasteiger partial charge in [-0.15, -0.1) is 0 Å². The average Bonchev–Trinajstić information content (AvgIpc) is 3.69. The summed E-state index contributed by atoms with van der Waals surface area (Å²) in [4.78, 5) is 10.3. The Morgan fingerprint density at radius 1 is 0.609 bits per heavy atom. The number of nitrogens with zero attached hydrogens (tertiary/aromatic N) is 3. The van der Waals surface area contributed by atoms with Crippen molar-refractivity contribution in [2.24, 2.45) is 0 Å². The lowest BCUT2D eigenvalue weighted by Crippen LogP contribution is -2.11. The lowest BCUT2D eigenvalue weighted by Gasteiger charge is -2.22. The van der Waals surface area contributed by atoms with E-state index >= 15 is 0 Å². The molecule has 0 saturated carbocycles. The number of aryl methyl sites for hydroxylation is 2. The summed E-state index contributed by atoms with van der Waals surface area (Å²) in [6.45, 7) is 17.1. The standard InChI is InChI=1S/C60H65N3O/c1-35(2)44-32-51(38(7)8)58(64)52(33-44)59-62-57-50(45-29-46(31-47(30-45)60(11,12)13)53-34-42(26-27-61-53)41-22-20-39(9)21-23-41)18-15-19-55(57)63(59)54-25-24-43(28-40(54)10)56-48(36(3)4)16-14-17-49(56)37(5)6/h14-38,64H,1-13H3/i9D3,10D3,36D,37D. The van der Waals surface area contributed by atoms with E-state index < -0.39 is 25.5 Å². The maximum Gasteiger partial charge on any atom is 0.149 e. The van der Waals surface area contributed by atoms with Gasteiger partial charge in [-0.3, -0.25) is 9.55 Å². The van der Waals surface area contributed by atoms with Crippen LogP contribution < -0.4 is 0 Å². The van der Waals surface area contributed by atoms with Crippen LogP contribution in [0.15, 0.2) is 128 Å². The second-order valence-electron chi connectivity index (χ2n) is 19.3. The van der Waals surface area contributed by atoms with E-state index in [1.165, 1.54) is 0 Å². The topological polar surface area (TPSA) is 50.9 Å².